The van der Waals surface area contributed by atoms with Gasteiger partial charge in [0.15, 0.2) is 17.3 Å². The van der Waals surface area contributed by atoms with Gasteiger partial charge in [-0.3, -0.25) is 14.5 Å². The van der Waals surface area contributed by atoms with Crippen molar-refractivity contribution in [2.45, 2.75) is 19.4 Å². The minimum Gasteiger partial charge on any atom is -0.485 e. The first kappa shape index (κ1) is 19.3. The van der Waals surface area contributed by atoms with Gasteiger partial charge >= 0.3 is 0 Å². The minimum absolute atomic E-state index is 0.0571. The first-order valence-corrected chi connectivity index (χ1v) is 9.71. The van der Waals surface area contributed by atoms with Crippen molar-refractivity contribution in [3.8, 4) is 11.5 Å². The summed E-state index contributed by atoms with van der Waals surface area (Å²) in [5.74, 6) is 2.18. The standard InChI is InChI=1S/C20H24N4O5/c1-14-12-18(22-29-14)21-19(25)6-7-23-8-10-24(11-9-23)20(26)17-13-27-15-4-2-3-5-16(15)28-17/h2-5,12,17H,6-11,13H2,1H3,(H,21,22,25)/t17-/m1/s1. The summed E-state index contributed by atoms with van der Waals surface area (Å²) >= 11 is 0. The molecular formula is C20H24N4O5. The topological polar surface area (TPSA) is 97.1 Å². The van der Waals surface area contributed by atoms with E-state index in [4.69, 9.17) is 14.0 Å². The lowest BCUT2D eigenvalue weighted by atomic mass is 10.2. The van der Waals surface area contributed by atoms with E-state index in [0.717, 1.165) is 0 Å². The number of aromatic nitrogens is 1. The van der Waals surface area contributed by atoms with Crippen molar-refractivity contribution < 1.29 is 23.6 Å². The molecule has 1 aromatic carbocycles. The lowest BCUT2D eigenvalue weighted by molar-refractivity contribution is -0.143. The van der Waals surface area contributed by atoms with Gasteiger partial charge in [0, 0.05) is 45.2 Å². The summed E-state index contributed by atoms with van der Waals surface area (Å²) in [6.45, 7) is 5.25. The van der Waals surface area contributed by atoms with Crippen LogP contribution in [0.25, 0.3) is 0 Å². The third-order valence-electron chi connectivity index (χ3n) is 5.02. The van der Waals surface area contributed by atoms with E-state index in [1.165, 1.54) is 0 Å². The van der Waals surface area contributed by atoms with Gasteiger partial charge in [-0.1, -0.05) is 17.3 Å². The molecule has 0 unspecified atom stereocenters. The van der Waals surface area contributed by atoms with Gasteiger partial charge in [-0.15, -0.1) is 0 Å². The van der Waals surface area contributed by atoms with Gasteiger partial charge in [-0.25, -0.2) is 0 Å². The fourth-order valence-corrected chi connectivity index (χ4v) is 3.43. The molecule has 29 heavy (non-hydrogen) atoms. The Morgan fingerprint density at radius 3 is 2.66 bits per heavy atom. The fourth-order valence-electron chi connectivity index (χ4n) is 3.43. The van der Waals surface area contributed by atoms with Crippen LogP contribution >= 0.6 is 0 Å². The van der Waals surface area contributed by atoms with Crippen LogP contribution in [-0.4, -0.2) is 72.2 Å². The minimum atomic E-state index is -0.617. The van der Waals surface area contributed by atoms with Crippen LogP contribution in [0.3, 0.4) is 0 Å². The maximum atomic E-state index is 12.8. The Morgan fingerprint density at radius 1 is 1.17 bits per heavy atom. The highest BCUT2D eigenvalue weighted by atomic mass is 16.6. The Bertz CT molecular complexity index is 875. The third-order valence-corrected chi connectivity index (χ3v) is 5.02. The number of hydrogen-bond donors (Lipinski definition) is 1. The molecule has 1 saturated heterocycles. The molecule has 3 heterocycles. The lowest BCUT2D eigenvalue weighted by Gasteiger charge is -2.37. The van der Waals surface area contributed by atoms with Crippen LogP contribution in [-0.2, 0) is 9.59 Å². The molecule has 2 aromatic rings. The molecule has 0 spiro atoms. The van der Waals surface area contributed by atoms with Crippen LogP contribution in [0.5, 0.6) is 11.5 Å². The van der Waals surface area contributed by atoms with Gasteiger partial charge in [0.25, 0.3) is 5.91 Å². The molecule has 4 rings (SSSR count). The number of hydrogen-bond acceptors (Lipinski definition) is 7. The maximum absolute atomic E-state index is 12.8. The molecule has 1 fully saturated rings. The van der Waals surface area contributed by atoms with E-state index in [2.05, 4.69) is 15.4 Å². The molecule has 0 radical (unpaired) electrons. The number of fused-ring (bicyclic) bond motifs is 1. The molecule has 9 heteroatoms. The number of nitrogens with zero attached hydrogens (tertiary/aromatic N) is 3. The van der Waals surface area contributed by atoms with E-state index in [9.17, 15) is 9.59 Å². The highest BCUT2D eigenvalue weighted by Gasteiger charge is 2.32. The predicted octanol–water partition coefficient (Wildman–Crippen LogP) is 1.30. The van der Waals surface area contributed by atoms with E-state index in [1.807, 2.05) is 18.2 Å². The molecule has 9 nitrogen and oxygen atoms in total. The predicted molar refractivity (Wildman–Crippen MR) is 104 cm³/mol. The number of anilines is 1. The van der Waals surface area contributed by atoms with Crippen molar-refractivity contribution in [2.75, 3.05) is 44.6 Å². The molecule has 0 bridgehead atoms. The second kappa shape index (κ2) is 8.52. The second-order valence-corrected chi connectivity index (χ2v) is 7.15. The smallest absolute Gasteiger partial charge is 0.267 e. The third kappa shape index (κ3) is 4.68. The molecule has 2 aliphatic rings. The van der Waals surface area contributed by atoms with Crippen molar-refractivity contribution in [2.24, 2.45) is 0 Å². The quantitative estimate of drug-likeness (QED) is 0.808. The summed E-state index contributed by atoms with van der Waals surface area (Å²) in [6, 6.07) is 9.04. The van der Waals surface area contributed by atoms with E-state index in [1.54, 1.807) is 24.0 Å². The summed E-state index contributed by atoms with van der Waals surface area (Å²) in [6.07, 6.45) is -0.260. The van der Waals surface area contributed by atoms with Crippen LogP contribution in [0.15, 0.2) is 34.9 Å². The molecule has 2 aliphatic heterocycles. The first-order valence-electron chi connectivity index (χ1n) is 9.71. The van der Waals surface area contributed by atoms with Gasteiger partial charge in [-0.05, 0) is 19.1 Å². The number of ether oxygens (including phenoxy) is 2. The Balaban J connectivity index is 1.20. The van der Waals surface area contributed by atoms with Crippen LogP contribution < -0.4 is 14.8 Å². The number of nitrogens with one attached hydrogen (secondary N) is 1. The summed E-state index contributed by atoms with van der Waals surface area (Å²) in [5, 5.41) is 6.47. The largest absolute Gasteiger partial charge is 0.485 e. The van der Waals surface area contributed by atoms with Crippen LogP contribution in [0.2, 0.25) is 0 Å². The van der Waals surface area contributed by atoms with Gasteiger partial charge < -0.3 is 24.2 Å². The number of aryl methyl sites for hydroxylation is 1. The lowest BCUT2D eigenvalue weighted by Crippen LogP contribution is -2.54. The highest BCUT2D eigenvalue weighted by molar-refractivity contribution is 5.89. The number of piperazine rings is 1. The first-order chi connectivity index (χ1) is 14.1. The van der Waals surface area contributed by atoms with E-state index in [0.29, 0.717) is 62.2 Å². The molecule has 1 aromatic heterocycles. The van der Waals surface area contributed by atoms with Gasteiger partial charge in [-0.2, -0.15) is 0 Å². The molecule has 0 saturated carbocycles. The van der Waals surface area contributed by atoms with Crippen molar-refractivity contribution in [1.82, 2.24) is 15.0 Å². The van der Waals surface area contributed by atoms with Crippen LogP contribution in [0.4, 0.5) is 5.82 Å². The SMILES string of the molecule is Cc1cc(NC(=O)CCN2CCN(C(=O)[C@H]3COc4ccccc4O3)CC2)no1. The summed E-state index contributed by atoms with van der Waals surface area (Å²) in [4.78, 5) is 28.8. The molecule has 1 atom stereocenters. The number of amides is 2. The summed E-state index contributed by atoms with van der Waals surface area (Å²) in [7, 11) is 0. The van der Waals surface area contributed by atoms with Crippen molar-refractivity contribution in [1.29, 1.82) is 0 Å². The monoisotopic (exact) mass is 400 g/mol. The second-order valence-electron chi connectivity index (χ2n) is 7.15. The Kier molecular flexibility index (Phi) is 5.66. The molecular weight excluding hydrogens is 376 g/mol. The number of para-hydroxylation sites is 2. The summed E-state index contributed by atoms with van der Waals surface area (Å²) in [5.41, 5.74) is 0. The number of rotatable bonds is 5. The van der Waals surface area contributed by atoms with Crippen LogP contribution in [0.1, 0.15) is 12.2 Å². The number of carbonyl (C=O) groups excluding carboxylic acids is 2. The number of benzene rings is 1. The van der Waals surface area contributed by atoms with Gasteiger partial charge in [0.2, 0.25) is 12.0 Å². The molecule has 1 N–H and O–H groups in total. The molecule has 154 valence electrons. The normalized spacial score (nSPS) is 19.1. The highest BCUT2D eigenvalue weighted by Crippen LogP contribution is 2.31. The van der Waals surface area contributed by atoms with Gasteiger partial charge in [0.1, 0.15) is 12.4 Å². The van der Waals surface area contributed by atoms with Crippen molar-refractivity contribution in [3.05, 3.63) is 36.1 Å². The van der Waals surface area contributed by atoms with E-state index < -0.39 is 6.10 Å². The maximum Gasteiger partial charge on any atom is 0.267 e. The average Bonchev–Trinajstić information content (AvgIpc) is 3.16. The zero-order valence-corrected chi connectivity index (χ0v) is 16.3. The Hall–Kier alpha value is -3.07. The van der Waals surface area contributed by atoms with Crippen LogP contribution in [0, 0.1) is 6.92 Å². The number of carbonyl (C=O) groups is 2. The molecule has 2 amide bonds. The summed E-state index contributed by atoms with van der Waals surface area (Å²) < 4.78 is 16.4. The van der Waals surface area contributed by atoms with Gasteiger partial charge in [0.05, 0.1) is 0 Å². The van der Waals surface area contributed by atoms with Crippen molar-refractivity contribution >= 4 is 17.6 Å². The van der Waals surface area contributed by atoms with E-state index in [-0.39, 0.29) is 18.4 Å². The zero-order valence-electron chi connectivity index (χ0n) is 16.3. The Morgan fingerprint density at radius 2 is 1.93 bits per heavy atom. The Labute approximate surface area is 168 Å². The average molecular weight is 400 g/mol. The fraction of sp³-hybridized carbons (Fsp3) is 0.450. The zero-order chi connectivity index (χ0) is 20.2. The van der Waals surface area contributed by atoms with E-state index >= 15 is 0 Å². The van der Waals surface area contributed by atoms with Crippen molar-refractivity contribution in [3.63, 3.8) is 0 Å². The molecule has 0 aliphatic carbocycles.